The van der Waals surface area contributed by atoms with Crippen molar-refractivity contribution < 1.29 is 29.0 Å². The van der Waals surface area contributed by atoms with Crippen LogP contribution in [0.2, 0.25) is 0 Å². The van der Waals surface area contributed by atoms with Gasteiger partial charge in [0.25, 0.3) is 0 Å². The van der Waals surface area contributed by atoms with Gasteiger partial charge in [0.05, 0.1) is 13.2 Å². The Balaban J connectivity index is 2.16. The van der Waals surface area contributed by atoms with Crippen molar-refractivity contribution >= 4 is 17.9 Å². The maximum absolute atomic E-state index is 11.7. The monoisotopic (exact) mass is 376 g/mol. The van der Waals surface area contributed by atoms with E-state index in [0.717, 1.165) is 31.3 Å². The van der Waals surface area contributed by atoms with Crippen LogP contribution < -0.4 is 0 Å². The molecule has 0 aromatic carbocycles. The minimum Gasteiger partial charge on any atom is -0.478 e. The van der Waals surface area contributed by atoms with Crippen molar-refractivity contribution in [2.75, 3.05) is 13.2 Å². The zero-order chi connectivity index (χ0) is 20.2. The molecule has 27 heavy (non-hydrogen) atoms. The predicted molar refractivity (Wildman–Crippen MR) is 102 cm³/mol. The minimum absolute atomic E-state index is 0.0853. The fraction of sp³-hybridized carbons (Fsp3) is 0.476. The van der Waals surface area contributed by atoms with Crippen LogP contribution in [0.25, 0.3) is 0 Å². The van der Waals surface area contributed by atoms with E-state index in [1.165, 1.54) is 6.08 Å². The summed E-state index contributed by atoms with van der Waals surface area (Å²) in [5.41, 5.74) is 1.67. The lowest BCUT2D eigenvalue weighted by Crippen LogP contribution is -2.13. The lowest BCUT2D eigenvalue weighted by molar-refractivity contribution is -0.139. The second-order valence-electron chi connectivity index (χ2n) is 6.61. The summed E-state index contributed by atoms with van der Waals surface area (Å²) in [5, 5.41) is 9.03. The molecule has 1 rings (SSSR count). The van der Waals surface area contributed by atoms with E-state index in [2.05, 4.69) is 6.58 Å². The molecule has 1 aliphatic rings. The highest BCUT2D eigenvalue weighted by Gasteiger charge is 2.19. The summed E-state index contributed by atoms with van der Waals surface area (Å²) in [6.07, 6.45) is 10.2. The lowest BCUT2D eigenvalue weighted by atomic mass is 9.88. The lowest BCUT2D eigenvalue weighted by Gasteiger charge is -2.16. The predicted octanol–water partition coefficient (Wildman–Crippen LogP) is 3.74. The molecule has 1 aliphatic carbocycles. The minimum atomic E-state index is -0.907. The van der Waals surface area contributed by atoms with E-state index in [0.29, 0.717) is 30.8 Å². The first-order valence-electron chi connectivity index (χ1n) is 9.12. The molecule has 6 heteroatoms. The van der Waals surface area contributed by atoms with Crippen molar-refractivity contribution in [3.8, 4) is 0 Å². The molecule has 0 spiro atoms. The van der Waals surface area contributed by atoms with Crippen LogP contribution in [-0.2, 0) is 23.9 Å². The van der Waals surface area contributed by atoms with Gasteiger partial charge in [-0.1, -0.05) is 31.7 Å². The van der Waals surface area contributed by atoms with E-state index >= 15 is 0 Å². The number of esters is 2. The maximum atomic E-state index is 11.7. The molecular weight excluding hydrogens is 348 g/mol. The van der Waals surface area contributed by atoms with Crippen molar-refractivity contribution in [1.29, 1.82) is 0 Å². The van der Waals surface area contributed by atoms with E-state index < -0.39 is 11.9 Å². The molecule has 0 aromatic heterocycles. The molecule has 0 saturated carbocycles. The van der Waals surface area contributed by atoms with Crippen molar-refractivity contribution in [1.82, 2.24) is 0 Å². The number of rotatable bonds is 11. The highest BCUT2D eigenvalue weighted by atomic mass is 16.5. The van der Waals surface area contributed by atoms with Crippen LogP contribution in [0.4, 0.5) is 0 Å². The van der Waals surface area contributed by atoms with Crippen LogP contribution in [0.15, 0.2) is 47.6 Å². The molecule has 1 N–H and O–H groups in total. The van der Waals surface area contributed by atoms with Crippen molar-refractivity contribution in [2.24, 2.45) is 5.92 Å². The Labute approximate surface area is 160 Å². The molecule has 0 bridgehead atoms. The number of carbonyl (C=O) groups excluding carboxylic acids is 2. The standard InChI is InChI=1S/C21H28O6/c1-15(2)21(25)27-13-7-5-4-6-12-26-19(22)11-9-17-8-10-18(20(23)24)16(3)14-17/h8-11,16H,1,4-7,12-14H2,2-3H3,(H,23,24)/b11-9+. The van der Waals surface area contributed by atoms with Crippen LogP contribution in [0.3, 0.4) is 0 Å². The number of aliphatic carboxylic acids is 1. The Morgan fingerprint density at radius 1 is 1.15 bits per heavy atom. The van der Waals surface area contributed by atoms with Crippen molar-refractivity contribution in [3.05, 3.63) is 47.6 Å². The Morgan fingerprint density at radius 2 is 1.78 bits per heavy atom. The average molecular weight is 376 g/mol. The van der Waals surface area contributed by atoms with E-state index in [1.807, 2.05) is 6.92 Å². The summed E-state index contributed by atoms with van der Waals surface area (Å²) >= 11 is 0. The molecule has 0 fully saturated rings. The van der Waals surface area contributed by atoms with Gasteiger partial charge in [-0.15, -0.1) is 0 Å². The first-order valence-corrected chi connectivity index (χ1v) is 9.12. The number of ether oxygens (including phenoxy) is 2. The molecule has 0 amide bonds. The summed E-state index contributed by atoms with van der Waals surface area (Å²) < 4.78 is 10.1. The molecule has 0 saturated heterocycles. The van der Waals surface area contributed by atoms with E-state index in [-0.39, 0.29) is 11.9 Å². The molecule has 6 nitrogen and oxygen atoms in total. The van der Waals surface area contributed by atoms with Crippen molar-refractivity contribution in [3.63, 3.8) is 0 Å². The normalized spacial score (nSPS) is 16.4. The third-order valence-electron chi connectivity index (χ3n) is 4.09. The zero-order valence-electron chi connectivity index (χ0n) is 16.0. The van der Waals surface area contributed by atoms with Crippen LogP contribution in [0.5, 0.6) is 0 Å². The SMILES string of the molecule is C=C(C)C(=O)OCCCCCCOC(=O)/C=C/C1=CC=C(C(=O)O)C(C)C1. The summed E-state index contributed by atoms with van der Waals surface area (Å²) in [4.78, 5) is 33.9. The summed E-state index contributed by atoms with van der Waals surface area (Å²) in [7, 11) is 0. The van der Waals surface area contributed by atoms with Gasteiger partial charge in [-0.3, -0.25) is 0 Å². The summed E-state index contributed by atoms with van der Waals surface area (Å²) in [5.74, 6) is -1.77. The molecule has 0 aromatic rings. The van der Waals surface area contributed by atoms with Gasteiger partial charge < -0.3 is 14.6 Å². The third kappa shape index (κ3) is 9.03. The molecule has 0 aliphatic heterocycles. The zero-order valence-corrected chi connectivity index (χ0v) is 16.0. The van der Waals surface area contributed by atoms with Crippen molar-refractivity contribution in [2.45, 2.75) is 46.0 Å². The number of hydrogen-bond acceptors (Lipinski definition) is 5. The van der Waals surface area contributed by atoms with Crippen LogP contribution in [0, 0.1) is 5.92 Å². The third-order valence-corrected chi connectivity index (χ3v) is 4.09. The van der Waals surface area contributed by atoms with Gasteiger partial charge in [0.15, 0.2) is 0 Å². The van der Waals surface area contributed by atoms with Gasteiger partial charge >= 0.3 is 17.9 Å². The largest absolute Gasteiger partial charge is 0.478 e. The molecular formula is C21H28O6. The molecule has 0 radical (unpaired) electrons. The van der Waals surface area contributed by atoms with Gasteiger partial charge in [-0.05, 0) is 50.5 Å². The average Bonchev–Trinajstić information content (AvgIpc) is 2.61. The Kier molecular flexibility index (Phi) is 9.86. The first kappa shape index (κ1) is 22.4. The first-order chi connectivity index (χ1) is 12.8. The highest BCUT2D eigenvalue weighted by Crippen LogP contribution is 2.25. The number of carboxylic acid groups (broad SMARTS) is 1. The molecule has 148 valence electrons. The second kappa shape index (κ2) is 11.9. The molecule has 1 atom stereocenters. The molecule has 1 unspecified atom stereocenters. The Morgan fingerprint density at radius 3 is 2.33 bits per heavy atom. The number of hydrogen-bond donors (Lipinski definition) is 1. The molecule has 0 heterocycles. The fourth-order valence-electron chi connectivity index (χ4n) is 2.54. The Hall–Kier alpha value is -2.63. The fourth-order valence-corrected chi connectivity index (χ4v) is 2.54. The van der Waals surface area contributed by atoms with E-state index in [9.17, 15) is 14.4 Å². The van der Waals surface area contributed by atoms with Gasteiger partial charge in [-0.2, -0.15) is 0 Å². The summed E-state index contributed by atoms with van der Waals surface area (Å²) in [6.45, 7) is 7.68. The quantitative estimate of drug-likeness (QED) is 0.336. The van der Waals surface area contributed by atoms with E-state index in [1.54, 1.807) is 25.2 Å². The van der Waals surface area contributed by atoms with Gasteiger partial charge in [0.1, 0.15) is 0 Å². The van der Waals surface area contributed by atoms with Gasteiger partial charge in [-0.25, -0.2) is 14.4 Å². The maximum Gasteiger partial charge on any atom is 0.333 e. The number of unbranched alkanes of at least 4 members (excludes halogenated alkanes) is 3. The number of carbonyl (C=O) groups is 3. The number of allylic oxidation sites excluding steroid dienone is 4. The van der Waals surface area contributed by atoms with Crippen LogP contribution in [-0.4, -0.2) is 36.2 Å². The number of carboxylic acids is 1. The smallest absolute Gasteiger partial charge is 0.333 e. The topological polar surface area (TPSA) is 89.9 Å². The van der Waals surface area contributed by atoms with Crippen LogP contribution in [0.1, 0.15) is 46.0 Å². The highest BCUT2D eigenvalue weighted by molar-refractivity contribution is 5.88. The van der Waals surface area contributed by atoms with Crippen LogP contribution >= 0.6 is 0 Å². The van der Waals surface area contributed by atoms with Gasteiger partial charge in [0, 0.05) is 17.2 Å². The van der Waals surface area contributed by atoms with Gasteiger partial charge in [0.2, 0.25) is 0 Å². The van der Waals surface area contributed by atoms with E-state index in [4.69, 9.17) is 14.6 Å². The summed E-state index contributed by atoms with van der Waals surface area (Å²) in [6, 6.07) is 0. The Bertz CT molecular complexity index is 654. The second-order valence-corrected chi connectivity index (χ2v) is 6.61.